The first kappa shape index (κ1) is 15.5. The Balaban J connectivity index is 1.60. The highest BCUT2D eigenvalue weighted by atomic mass is 79.9. The summed E-state index contributed by atoms with van der Waals surface area (Å²) in [5.74, 6) is 0. The smallest absolute Gasteiger partial charge is 0.0331 e. The molecule has 1 aromatic rings. The summed E-state index contributed by atoms with van der Waals surface area (Å²) in [6.07, 6.45) is 3.62. The van der Waals surface area contributed by atoms with E-state index in [9.17, 15) is 0 Å². The van der Waals surface area contributed by atoms with E-state index in [1.54, 1.807) is 0 Å². The van der Waals surface area contributed by atoms with E-state index < -0.39 is 0 Å². The number of hydrogen-bond acceptors (Lipinski definition) is 3. The maximum atomic E-state index is 6.02. The average Bonchev–Trinajstić information content (AvgIpc) is 2.98. The molecule has 0 spiro atoms. The number of hydrogen-bond donors (Lipinski definition) is 1. The lowest BCUT2D eigenvalue weighted by atomic mass is 10.0. The molecule has 0 saturated carbocycles. The molecule has 2 aliphatic rings. The third-order valence-electron chi connectivity index (χ3n) is 5.19. The second-order valence-corrected chi connectivity index (χ2v) is 7.36. The maximum absolute atomic E-state index is 6.02. The topological polar surface area (TPSA) is 32.5 Å². The van der Waals surface area contributed by atoms with Crippen LogP contribution in [-0.4, -0.2) is 48.1 Å². The number of piperidine rings is 1. The number of rotatable bonds is 3. The Labute approximate surface area is 136 Å². The molecule has 116 valence electrons. The number of nitrogens with two attached hydrogens (primary N) is 1. The van der Waals surface area contributed by atoms with E-state index in [0.717, 1.165) is 18.9 Å². The van der Waals surface area contributed by atoms with Crippen molar-refractivity contribution < 1.29 is 0 Å². The molecule has 2 fully saturated rings. The Morgan fingerprint density at radius 1 is 1.14 bits per heavy atom. The van der Waals surface area contributed by atoms with Crippen molar-refractivity contribution in [1.82, 2.24) is 9.80 Å². The molecule has 0 bridgehead atoms. The van der Waals surface area contributed by atoms with Crippen LogP contribution in [0.4, 0.5) is 0 Å². The fraction of sp³-hybridized carbons (Fsp3) is 0.647. The van der Waals surface area contributed by atoms with Crippen molar-refractivity contribution in [3.63, 3.8) is 0 Å². The van der Waals surface area contributed by atoms with Gasteiger partial charge in [-0.3, -0.25) is 9.80 Å². The van der Waals surface area contributed by atoms with Crippen molar-refractivity contribution in [3.05, 3.63) is 34.3 Å². The van der Waals surface area contributed by atoms with Crippen LogP contribution < -0.4 is 5.73 Å². The average molecular weight is 352 g/mol. The van der Waals surface area contributed by atoms with Crippen molar-refractivity contribution in [2.75, 3.05) is 26.2 Å². The number of benzene rings is 1. The molecule has 4 heteroatoms. The van der Waals surface area contributed by atoms with Gasteiger partial charge < -0.3 is 5.73 Å². The van der Waals surface area contributed by atoms with Crippen molar-refractivity contribution >= 4 is 15.9 Å². The van der Waals surface area contributed by atoms with Gasteiger partial charge in [-0.2, -0.15) is 0 Å². The molecular formula is C17H26BrN3. The largest absolute Gasteiger partial charge is 0.328 e. The Morgan fingerprint density at radius 3 is 2.57 bits per heavy atom. The van der Waals surface area contributed by atoms with Gasteiger partial charge in [0.2, 0.25) is 0 Å². The van der Waals surface area contributed by atoms with Crippen molar-refractivity contribution in [2.45, 2.75) is 44.3 Å². The lowest BCUT2D eigenvalue weighted by Gasteiger charge is -2.35. The molecule has 3 rings (SSSR count). The van der Waals surface area contributed by atoms with Gasteiger partial charge in [0.25, 0.3) is 0 Å². The predicted octanol–water partition coefficient (Wildman–Crippen LogP) is 3.01. The highest BCUT2D eigenvalue weighted by Crippen LogP contribution is 2.31. The zero-order valence-corrected chi connectivity index (χ0v) is 14.4. The number of halogens is 1. The summed E-state index contributed by atoms with van der Waals surface area (Å²) in [5.41, 5.74) is 7.42. The minimum absolute atomic E-state index is 0.429. The monoisotopic (exact) mass is 351 g/mol. The fourth-order valence-corrected chi connectivity index (χ4v) is 4.33. The molecule has 0 amide bonds. The first-order valence-electron chi connectivity index (χ1n) is 8.13. The molecule has 21 heavy (non-hydrogen) atoms. The van der Waals surface area contributed by atoms with Crippen molar-refractivity contribution in [1.29, 1.82) is 0 Å². The van der Waals surface area contributed by atoms with Gasteiger partial charge in [-0.1, -0.05) is 34.1 Å². The summed E-state index contributed by atoms with van der Waals surface area (Å²) >= 11 is 3.69. The Bertz CT molecular complexity index is 471. The van der Waals surface area contributed by atoms with Crippen LogP contribution in [0.3, 0.4) is 0 Å². The number of nitrogens with zero attached hydrogens (tertiary/aromatic N) is 2. The molecule has 2 aliphatic heterocycles. The van der Waals surface area contributed by atoms with Gasteiger partial charge in [-0.25, -0.2) is 0 Å². The molecule has 2 atom stereocenters. The van der Waals surface area contributed by atoms with Crippen LogP contribution in [0.1, 0.15) is 37.8 Å². The van der Waals surface area contributed by atoms with Gasteiger partial charge >= 0.3 is 0 Å². The van der Waals surface area contributed by atoms with E-state index >= 15 is 0 Å². The van der Waals surface area contributed by atoms with E-state index in [1.165, 1.54) is 42.6 Å². The van der Waals surface area contributed by atoms with Gasteiger partial charge in [0.15, 0.2) is 0 Å². The molecule has 3 nitrogen and oxygen atoms in total. The lowest BCUT2D eigenvalue weighted by molar-refractivity contribution is 0.145. The van der Waals surface area contributed by atoms with Crippen LogP contribution in [0, 0.1) is 0 Å². The minimum Gasteiger partial charge on any atom is -0.328 e. The summed E-state index contributed by atoms with van der Waals surface area (Å²) in [5, 5.41) is 0. The summed E-state index contributed by atoms with van der Waals surface area (Å²) in [6.45, 7) is 7.09. The molecule has 2 saturated heterocycles. The van der Waals surface area contributed by atoms with Gasteiger partial charge in [0, 0.05) is 35.7 Å². The van der Waals surface area contributed by atoms with Crippen molar-refractivity contribution in [2.24, 2.45) is 5.73 Å². The molecule has 2 unspecified atom stereocenters. The standard InChI is InChI=1S/C17H26BrN3/c1-13(16-4-2-3-5-17(16)18)21-11-8-15(12-21)20-9-6-14(19)7-10-20/h2-5,13-15H,6-12,19H2,1H3. The Morgan fingerprint density at radius 2 is 1.86 bits per heavy atom. The molecule has 1 aromatic carbocycles. The van der Waals surface area contributed by atoms with Gasteiger partial charge in [-0.15, -0.1) is 0 Å². The van der Waals surface area contributed by atoms with E-state index in [-0.39, 0.29) is 0 Å². The Kier molecular flexibility index (Phi) is 4.99. The predicted molar refractivity (Wildman–Crippen MR) is 91.3 cm³/mol. The number of likely N-dealkylation sites (tertiary alicyclic amines) is 2. The third-order valence-corrected chi connectivity index (χ3v) is 5.91. The van der Waals surface area contributed by atoms with Crippen LogP contribution in [0.25, 0.3) is 0 Å². The van der Waals surface area contributed by atoms with Gasteiger partial charge in [-0.05, 0) is 50.9 Å². The molecule has 0 aromatic heterocycles. The summed E-state index contributed by atoms with van der Waals surface area (Å²) in [7, 11) is 0. The third kappa shape index (κ3) is 3.50. The quantitative estimate of drug-likeness (QED) is 0.908. The van der Waals surface area contributed by atoms with E-state index in [2.05, 4.69) is 56.9 Å². The lowest BCUT2D eigenvalue weighted by Crippen LogP contribution is -2.46. The van der Waals surface area contributed by atoms with Crippen molar-refractivity contribution in [3.8, 4) is 0 Å². The van der Waals surface area contributed by atoms with Crippen LogP contribution in [0.5, 0.6) is 0 Å². The first-order chi connectivity index (χ1) is 10.1. The van der Waals surface area contributed by atoms with E-state index in [1.807, 2.05) is 0 Å². The van der Waals surface area contributed by atoms with Crippen LogP contribution in [0.2, 0.25) is 0 Å². The first-order valence-corrected chi connectivity index (χ1v) is 8.92. The normalized spacial score (nSPS) is 27.1. The maximum Gasteiger partial charge on any atom is 0.0331 e. The zero-order chi connectivity index (χ0) is 14.8. The molecule has 0 aliphatic carbocycles. The molecule has 2 heterocycles. The SMILES string of the molecule is CC(c1ccccc1Br)N1CCC(N2CCC(N)CC2)C1. The second kappa shape index (κ2) is 6.78. The zero-order valence-electron chi connectivity index (χ0n) is 12.8. The summed E-state index contributed by atoms with van der Waals surface area (Å²) < 4.78 is 1.23. The highest BCUT2D eigenvalue weighted by molar-refractivity contribution is 9.10. The Hall–Kier alpha value is -0.420. The van der Waals surface area contributed by atoms with Crippen LogP contribution in [0.15, 0.2) is 28.7 Å². The molecular weight excluding hydrogens is 326 g/mol. The molecule has 0 radical (unpaired) electrons. The van der Waals surface area contributed by atoms with E-state index in [0.29, 0.717) is 12.1 Å². The summed E-state index contributed by atoms with van der Waals surface area (Å²) in [6, 6.07) is 10.2. The van der Waals surface area contributed by atoms with Gasteiger partial charge in [0.1, 0.15) is 0 Å². The second-order valence-electron chi connectivity index (χ2n) is 6.51. The molecule has 2 N–H and O–H groups in total. The van der Waals surface area contributed by atoms with Crippen LogP contribution >= 0.6 is 15.9 Å². The fourth-order valence-electron chi connectivity index (χ4n) is 3.71. The van der Waals surface area contributed by atoms with E-state index in [4.69, 9.17) is 5.73 Å². The minimum atomic E-state index is 0.429. The summed E-state index contributed by atoms with van der Waals surface area (Å²) in [4.78, 5) is 5.29. The highest BCUT2D eigenvalue weighted by Gasteiger charge is 2.32. The van der Waals surface area contributed by atoms with Gasteiger partial charge in [0.05, 0.1) is 0 Å². The van der Waals surface area contributed by atoms with Crippen LogP contribution in [-0.2, 0) is 0 Å².